The number of carbonyl (C=O) groups excluding carboxylic acids is 1. The minimum absolute atomic E-state index is 0.208. The number of rotatable bonds is 8. The summed E-state index contributed by atoms with van der Waals surface area (Å²) < 4.78 is 21.9. The van der Waals surface area contributed by atoms with E-state index in [4.69, 9.17) is 21.4 Å². The Morgan fingerprint density at radius 2 is 1.83 bits per heavy atom. The number of amides is 1. The van der Waals surface area contributed by atoms with Crippen LogP contribution in [0.15, 0.2) is 78.9 Å². The van der Waals surface area contributed by atoms with Gasteiger partial charge in [0.25, 0.3) is 5.91 Å². The van der Waals surface area contributed by atoms with Crippen molar-refractivity contribution in [3.8, 4) is 17.3 Å². The molecule has 0 N–H and O–H groups in total. The monoisotopic (exact) mass is 489 g/mol. The number of carbonyl (C=O) groups is 1. The van der Waals surface area contributed by atoms with E-state index in [2.05, 4.69) is 0 Å². The molecule has 5 rings (SSSR count). The molecule has 0 radical (unpaired) electrons. The molecule has 1 heterocycles. The Bertz CT molecular complexity index is 1330. The van der Waals surface area contributed by atoms with Gasteiger partial charge in [-0.3, -0.25) is 4.79 Å². The van der Waals surface area contributed by atoms with Crippen molar-refractivity contribution in [1.82, 2.24) is 14.7 Å². The Labute approximate surface area is 208 Å². The zero-order chi connectivity index (χ0) is 24.4. The normalized spacial score (nSPS) is 13.0. The van der Waals surface area contributed by atoms with Gasteiger partial charge in [-0.05, 0) is 80.3 Å². The average molecular weight is 490 g/mol. The number of nitrogens with zero attached hydrogens (tertiary/aromatic N) is 3. The molecule has 0 atom stereocenters. The molecule has 3 aromatic carbocycles. The van der Waals surface area contributed by atoms with E-state index in [1.807, 2.05) is 49.4 Å². The van der Waals surface area contributed by atoms with Crippen molar-refractivity contribution in [2.75, 3.05) is 6.54 Å². The van der Waals surface area contributed by atoms with Crippen LogP contribution in [0.1, 0.15) is 34.5 Å². The minimum atomic E-state index is -0.429. The molecule has 35 heavy (non-hydrogen) atoms. The molecule has 5 nitrogen and oxygen atoms in total. The Balaban J connectivity index is 1.54. The predicted molar refractivity (Wildman–Crippen MR) is 134 cm³/mol. The third-order valence-corrected chi connectivity index (χ3v) is 6.30. The third kappa shape index (κ3) is 5.38. The summed E-state index contributed by atoms with van der Waals surface area (Å²) in [4.78, 5) is 15.2. The van der Waals surface area contributed by atoms with Gasteiger partial charge < -0.3 is 9.64 Å². The fourth-order valence-corrected chi connectivity index (χ4v) is 4.13. The number of hydrogen-bond acceptors (Lipinski definition) is 3. The summed E-state index contributed by atoms with van der Waals surface area (Å²) in [5, 5.41) is 5.38. The molecule has 178 valence electrons. The lowest BCUT2D eigenvalue weighted by Crippen LogP contribution is -2.32. The standard InChI is InChI=1S/C28H25ClFN3O2/c1-19-26(18-32(17-20-10-11-20)27(34)21-6-5-7-23(30)16-21)28(35-25-8-3-2-4-9-25)33(31-19)24-14-12-22(29)13-15-24/h2-9,12-16,20H,10-11,17-18H2,1H3. The van der Waals surface area contributed by atoms with Crippen LogP contribution in [-0.2, 0) is 6.54 Å². The van der Waals surface area contributed by atoms with Crippen molar-refractivity contribution in [3.63, 3.8) is 0 Å². The topological polar surface area (TPSA) is 47.4 Å². The van der Waals surface area contributed by atoms with Crippen molar-refractivity contribution in [2.45, 2.75) is 26.3 Å². The Kier molecular flexibility index (Phi) is 6.55. The first-order valence-corrected chi connectivity index (χ1v) is 12.0. The molecule has 7 heteroatoms. The molecular weight excluding hydrogens is 465 g/mol. The van der Waals surface area contributed by atoms with Gasteiger partial charge in [0.2, 0.25) is 5.88 Å². The van der Waals surface area contributed by atoms with E-state index in [9.17, 15) is 9.18 Å². The van der Waals surface area contributed by atoms with Crippen LogP contribution in [0.5, 0.6) is 11.6 Å². The summed E-state index contributed by atoms with van der Waals surface area (Å²) in [6, 6.07) is 22.6. The van der Waals surface area contributed by atoms with Crippen molar-refractivity contribution < 1.29 is 13.9 Å². The van der Waals surface area contributed by atoms with Gasteiger partial charge in [-0.25, -0.2) is 9.07 Å². The molecule has 4 aromatic rings. The van der Waals surface area contributed by atoms with Gasteiger partial charge in [0.15, 0.2) is 0 Å². The van der Waals surface area contributed by atoms with Gasteiger partial charge in [-0.15, -0.1) is 0 Å². The summed E-state index contributed by atoms with van der Waals surface area (Å²) in [7, 11) is 0. The first kappa shape index (κ1) is 23.1. The highest BCUT2D eigenvalue weighted by molar-refractivity contribution is 6.30. The smallest absolute Gasteiger partial charge is 0.254 e. The minimum Gasteiger partial charge on any atom is -0.439 e. The quantitative estimate of drug-likeness (QED) is 0.273. The molecule has 1 aromatic heterocycles. The van der Waals surface area contributed by atoms with Crippen LogP contribution in [-0.4, -0.2) is 27.1 Å². The van der Waals surface area contributed by atoms with Gasteiger partial charge in [-0.1, -0.05) is 35.9 Å². The molecule has 1 fully saturated rings. The lowest BCUT2D eigenvalue weighted by Gasteiger charge is -2.23. The highest BCUT2D eigenvalue weighted by Gasteiger charge is 2.30. The van der Waals surface area contributed by atoms with E-state index in [1.54, 1.807) is 33.8 Å². The fourth-order valence-electron chi connectivity index (χ4n) is 4.01. The van der Waals surface area contributed by atoms with Crippen LogP contribution in [0.4, 0.5) is 4.39 Å². The first-order chi connectivity index (χ1) is 17.0. The summed E-state index contributed by atoms with van der Waals surface area (Å²) in [6.45, 7) is 2.81. The number of hydrogen-bond donors (Lipinski definition) is 0. The van der Waals surface area contributed by atoms with Gasteiger partial charge in [-0.2, -0.15) is 5.10 Å². The predicted octanol–water partition coefficient (Wildman–Crippen LogP) is 6.82. The van der Waals surface area contributed by atoms with E-state index in [1.165, 1.54) is 12.1 Å². The molecule has 0 unspecified atom stereocenters. The summed E-state index contributed by atoms with van der Waals surface area (Å²) in [6.07, 6.45) is 2.17. The van der Waals surface area contributed by atoms with Crippen LogP contribution < -0.4 is 4.74 Å². The number of benzene rings is 3. The average Bonchev–Trinajstić information content (AvgIpc) is 3.64. The van der Waals surface area contributed by atoms with Crippen LogP contribution in [0.25, 0.3) is 5.69 Å². The maximum atomic E-state index is 13.9. The van der Waals surface area contributed by atoms with Gasteiger partial charge >= 0.3 is 0 Å². The zero-order valence-electron chi connectivity index (χ0n) is 19.3. The maximum Gasteiger partial charge on any atom is 0.254 e. The van der Waals surface area contributed by atoms with E-state index >= 15 is 0 Å². The number of aromatic nitrogens is 2. The largest absolute Gasteiger partial charge is 0.439 e. The number of aryl methyl sites for hydroxylation is 1. The second-order valence-corrected chi connectivity index (χ2v) is 9.25. The van der Waals surface area contributed by atoms with Gasteiger partial charge in [0.05, 0.1) is 23.5 Å². The Hall–Kier alpha value is -3.64. The molecular formula is C28H25ClFN3O2. The lowest BCUT2D eigenvalue weighted by molar-refractivity contribution is 0.0733. The Morgan fingerprint density at radius 1 is 1.09 bits per heavy atom. The molecule has 1 saturated carbocycles. The highest BCUT2D eigenvalue weighted by Crippen LogP contribution is 2.35. The second-order valence-electron chi connectivity index (χ2n) is 8.81. The molecule has 1 aliphatic rings. The van der Waals surface area contributed by atoms with E-state index in [0.717, 1.165) is 29.8 Å². The van der Waals surface area contributed by atoms with E-state index < -0.39 is 5.82 Å². The molecule has 1 aliphatic carbocycles. The SMILES string of the molecule is Cc1nn(-c2ccc(Cl)cc2)c(Oc2ccccc2)c1CN(CC1CC1)C(=O)c1cccc(F)c1. The van der Waals surface area contributed by atoms with E-state index in [-0.39, 0.29) is 5.91 Å². The maximum absolute atomic E-state index is 13.9. The number of para-hydroxylation sites is 1. The van der Waals surface area contributed by atoms with Crippen molar-refractivity contribution in [3.05, 3.63) is 107 Å². The Morgan fingerprint density at radius 3 is 2.51 bits per heavy atom. The highest BCUT2D eigenvalue weighted by atomic mass is 35.5. The summed E-state index contributed by atoms with van der Waals surface area (Å²) >= 11 is 6.10. The molecule has 1 amide bonds. The van der Waals surface area contributed by atoms with Gasteiger partial charge in [0, 0.05) is 17.1 Å². The van der Waals surface area contributed by atoms with Crippen molar-refractivity contribution in [2.24, 2.45) is 5.92 Å². The number of halogens is 2. The lowest BCUT2D eigenvalue weighted by atomic mass is 10.1. The first-order valence-electron chi connectivity index (χ1n) is 11.6. The fraction of sp³-hybridized carbons (Fsp3) is 0.214. The third-order valence-electron chi connectivity index (χ3n) is 6.05. The van der Waals surface area contributed by atoms with Crippen molar-refractivity contribution >= 4 is 17.5 Å². The molecule has 0 bridgehead atoms. The van der Waals surface area contributed by atoms with Crippen LogP contribution in [0, 0.1) is 18.7 Å². The zero-order valence-corrected chi connectivity index (χ0v) is 20.1. The molecule has 0 aliphatic heterocycles. The summed E-state index contributed by atoms with van der Waals surface area (Å²) in [5.74, 6) is 1.01. The van der Waals surface area contributed by atoms with Crippen molar-refractivity contribution in [1.29, 1.82) is 0 Å². The molecule has 0 saturated heterocycles. The molecule has 0 spiro atoms. The van der Waals surface area contributed by atoms with Gasteiger partial charge in [0.1, 0.15) is 11.6 Å². The van der Waals surface area contributed by atoms with Crippen LogP contribution in [0.2, 0.25) is 5.02 Å². The number of ether oxygens (including phenoxy) is 1. The van der Waals surface area contributed by atoms with E-state index in [0.29, 0.717) is 41.2 Å². The van der Waals surface area contributed by atoms with Crippen LogP contribution in [0.3, 0.4) is 0 Å². The second kappa shape index (κ2) is 9.92. The summed E-state index contributed by atoms with van der Waals surface area (Å²) in [5.41, 5.74) is 2.67. The van der Waals surface area contributed by atoms with Crippen LogP contribution >= 0.6 is 11.6 Å².